The van der Waals surface area contributed by atoms with E-state index in [-0.39, 0.29) is 29.7 Å². The van der Waals surface area contributed by atoms with Gasteiger partial charge in [-0.3, -0.25) is 9.69 Å². The van der Waals surface area contributed by atoms with Gasteiger partial charge in [-0.05, 0) is 29.0 Å². The highest BCUT2D eigenvalue weighted by atomic mass is 32.1. The molecule has 1 amide bonds. The van der Waals surface area contributed by atoms with Crippen molar-refractivity contribution < 1.29 is 14.3 Å². The van der Waals surface area contributed by atoms with Crippen molar-refractivity contribution >= 4 is 23.2 Å². The number of likely N-dealkylation sites (tertiary alicyclic amines) is 1. The minimum absolute atomic E-state index is 0.0416. The van der Waals surface area contributed by atoms with Crippen LogP contribution in [-0.4, -0.2) is 51.5 Å². The molecule has 1 aliphatic rings. The molecule has 2 aromatic carbocycles. The van der Waals surface area contributed by atoms with E-state index in [1.807, 2.05) is 72.1 Å². The highest BCUT2D eigenvalue weighted by Gasteiger charge is 2.39. The Morgan fingerprint density at radius 1 is 1.06 bits per heavy atom. The van der Waals surface area contributed by atoms with E-state index >= 15 is 0 Å². The lowest BCUT2D eigenvalue weighted by Crippen LogP contribution is -2.44. The average Bonchev–Trinajstić information content (AvgIpc) is 3.69. The van der Waals surface area contributed by atoms with Crippen LogP contribution in [0.25, 0.3) is 0 Å². The zero-order valence-electron chi connectivity index (χ0n) is 19.9. The molecule has 1 N–H and O–H groups in total. The standard InChI is InChI=1S/C27H27N5O3S/c1-35-27(34)23-18-32(30-29-23)21-15-24(31(16-21)17-22-13-8-14-36-22)26(33)28-25(19-9-4-2-5-10-19)20-11-6-3-7-12-20/h2-14,18,21,24-25H,15-17H2,1H3,(H,28,33)/t21-,24-/m0/s1. The van der Waals surface area contributed by atoms with Gasteiger partial charge in [0.1, 0.15) is 0 Å². The number of thiophene rings is 1. The van der Waals surface area contributed by atoms with Gasteiger partial charge in [-0.2, -0.15) is 0 Å². The van der Waals surface area contributed by atoms with Crippen molar-refractivity contribution in [3.05, 3.63) is 106 Å². The van der Waals surface area contributed by atoms with Gasteiger partial charge in [-0.15, -0.1) is 16.4 Å². The third-order valence-electron chi connectivity index (χ3n) is 6.45. The summed E-state index contributed by atoms with van der Waals surface area (Å²) in [6.45, 7) is 1.27. The van der Waals surface area contributed by atoms with Gasteiger partial charge in [-0.1, -0.05) is 71.9 Å². The highest BCUT2D eigenvalue weighted by molar-refractivity contribution is 7.09. The number of ether oxygens (including phenoxy) is 1. The number of hydrogen-bond acceptors (Lipinski definition) is 7. The molecule has 0 saturated carbocycles. The van der Waals surface area contributed by atoms with Crippen molar-refractivity contribution in [3.63, 3.8) is 0 Å². The highest BCUT2D eigenvalue weighted by Crippen LogP contribution is 2.31. The number of aromatic nitrogens is 3. The maximum atomic E-state index is 13.8. The van der Waals surface area contributed by atoms with Gasteiger partial charge in [0.2, 0.25) is 5.91 Å². The van der Waals surface area contributed by atoms with E-state index in [1.54, 1.807) is 22.2 Å². The summed E-state index contributed by atoms with van der Waals surface area (Å²) in [5.41, 5.74) is 2.20. The number of hydrogen-bond donors (Lipinski definition) is 1. The molecule has 1 aliphatic heterocycles. The van der Waals surface area contributed by atoms with Crippen molar-refractivity contribution in [2.45, 2.75) is 31.1 Å². The van der Waals surface area contributed by atoms with Crippen molar-refractivity contribution in [1.29, 1.82) is 0 Å². The summed E-state index contributed by atoms with van der Waals surface area (Å²) < 4.78 is 6.44. The number of nitrogens with one attached hydrogen (secondary N) is 1. The quantitative estimate of drug-likeness (QED) is 0.369. The van der Waals surface area contributed by atoms with Gasteiger partial charge in [0, 0.05) is 18.0 Å². The number of amides is 1. The smallest absolute Gasteiger partial charge is 0.360 e. The second-order valence-corrected chi connectivity index (χ2v) is 9.78. The maximum Gasteiger partial charge on any atom is 0.360 e. The van der Waals surface area contributed by atoms with Crippen LogP contribution in [0.5, 0.6) is 0 Å². The summed E-state index contributed by atoms with van der Waals surface area (Å²) >= 11 is 1.67. The van der Waals surface area contributed by atoms with Crippen LogP contribution in [0, 0.1) is 0 Å². The molecule has 8 nitrogen and oxygen atoms in total. The first-order chi connectivity index (χ1) is 17.6. The molecule has 0 bridgehead atoms. The molecule has 2 atom stereocenters. The lowest BCUT2D eigenvalue weighted by molar-refractivity contribution is -0.126. The predicted molar refractivity (Wildman–Crippen MR) is 136 cm³/mol. The minimum Gasteiger partial charge on any atom is -0.464 e. The van der Waals surface area contributed by atoms with Crippen molar-refractivity contribution in [2.75, 3.05) is 13.7 Å². The number of methoxy groups -OCH3 is 1. The lowest BCUT2D eigenvalue weighted by Gasteiger charge is -2.26. The van der Waals surface area contributed by atoms with E-state index in [2.05, 4.69) is 26.6 Å². The van der Waals surface area contributed by atoms with E-state index in [1.165, 1.54) is 12.0 Å². The fourth-order valence-electron chi connectivity index (χ4n) is 4.66. The van der Waals surface area contributed by atoms with Crippen LogP contribution in [0.1, 0.15) is 45.0 Å². The molecule has 184 valence electrons. The van der Waals surface area contributed by atoms with Crippen molar-refractivity contribution in [3.8, 4) is 0 Å². The van der Waals surface area contributed by atoms with E-state index < -0.39 is 5.97 Å². The van der Waals surface area contributed by atoms with Crippen molar-refractivity contribution in [1.82, 2.24) is 25.2 Å². The molecule has 3 heterocycles. The van der Waals surface area contributed by atoms with Crippen LogP contribution < -0.4 is 5.32 Å². The molecule has 36 heavy (non-hydrogen) atoms. The zero-order chi connectivity index (χ0) is 24.9. The Hall–Kier alpha value is -3.82. The Bertz CT molecular complexity index is 1250. The Morgan fingerprint density at radius 2 is 1.75 bits per heavy atom. The van der Waals surface area contributed by atoms with Crippen LogP contribution >= 0.6 is 11.3 Å². The minimum atomic E-state index is -0.530. The first-order valence-corrected chi connectivity index (χ1v) is 12.7. The van der Waals surface area contributed by atoms with Gasteiger partial charge >= 0.3 is 5.97 Å². The molecule has 0 spiro atoms. The second-order valence-electron chi connectivity index (χ2n) is 8.75. The second kappa shape index (κ2) is 10.8. The van der Waals surface area contributed by atoms with Gasteiger partial charge in [0.05, 0.1) is 31.4 Å². The first kappa shape index (κ1) is 23.9. The van der Waals surface area contributed by atoms with E-state index in [9.17, 15) is 9.59 Å². The van der Waals surface area contributed by atoms with E-state index in [4.69, 9.17) is 4.74 Å². The maximum absolute atomic E-state index is 13.8. The number of esters is 1. The summed E-state index contributed by atoms with van der Waals surface area (Å²) in [4.78, 5) is 29.0. The van der Waals surface area contributed by atoms with E-state index in [0.29, 0.717) is 19.5 Å². The summed E-state index contributed by atoms with van der Waals surface area (Å²) in [5.74, 6) is -0.572. The molecular weight excluding hydrogens is 474 g/mol. The fourth-order valence-corrected chi connectivity index (χ4v) is 5.39. The number of carbonyl (C=O) groups is 2. The monoisotopic (exact) mass is 501 g/mol. The normalized spacial score (nSPS) is 17.8. The molecular formula is C27H27N5O3S. The largest absolute Gasteiger partial charge is 0.464 e. The van der Waals surface area contributed by atoms with Gasteiger partial charge < -0.3 is 10.1 Å². The predicted octanol–water partition coefficient (Wildman–Crippen LogP) is 3.85. The summed E-state index contributed by atoms with van der Waals surface area (Å²) in [5, 5.41) is 13.5. The Kier molecular flexibility index (Phi) is 7.20. The fraction of sp³-hybridized carbons (Fsp3) is 0.259. The number of nitrogens with zero attached hydrogens (tertiary/aromatic N) is 4. The molecule has 2 aromatic heterocycles. The van der Waals surface area contributed by atoms with Crippen molar-refractivity contribution in [2.24, 2.45) is 0 Å². The van der Waals surface area contributed by atoms with Crippen LogP contribution in [0.4, 0.5) is 0 Å². The average molecular weight is 502 g/mol. The lowest BCUT2D eigenvalue weighted by atomic mass is 9.98. The first-order valence-electron chi connectivity index (χ1n) is 11.8. The topological polar surface area (TPSA) is 89.4 Å². The number of benzene rings is 2. The molecule has 0 aliphatic carbocycles. The number of rotatable bonds is 8. The molecule has 1 saturated heterocycles. The van der Waals surface area contributed by atoms with Gasteiger partial charge in [0.15, 0.2) is 5.69 Å². The summed E-state index contributed by atoms with van der Waals surface area (Å²) in [7, 11) is 1.32. The van der Waals surface area contributed by atoms with E-state index in [0.717, 1.165) is 11.1 Å². The van der Waals surface area contributed by atoms with Crippen LogP contribution in [0.15, 0.2) is 84.4 Å². The SMILES string of the molecule is COC(=O)c1cn([C@H]2C[C@@H](C(=O)NC(c3ccccc3)c3ccccc3)N(Cc3cccs3)C2)nn1. The third kappa shape index (κ3) is 5.22. The Balaban J connectivity index is 1.40. The van der Waals surface area contributed by atoms with Crippen LogP contribution in [0.2, 0.25) is 0 Å². The van der Waals surface area contributed by atoms with Crippen LogP contribution in [0.3, 0.4) is 0 Å². The molecule has 1 fully saturated rings. The Labute approximate surface area is 213 Å². The zero-order valence-corrected chi connectivity index (χ0v) is 20.7. The molecule has 0 unspecified atom stereocenters. The molecule has 0 radical (unpaired) electrons. The van der Waals surface area contributed by atoms with Gasteiger partial charge in [0.25, 0.3) is 0 Å². The third-order valence-corrected chi connectivity index (χ3v) is 7.32. The van der Waals surface area contributed by atoms with Crippen LogP contribution in [-0.2, 0) is 16.1 Å². The van der Waals surface area contributed by atoms with Gasteiger partial charge in [-0.25, -0.2) is 9.48 Å². The Morgan fingerprint density at radius 3 is 2.36 bits per heavy atom. The molecule has 5 rings (SSSR count). The molecule has 4 aromatic rings. The number of carbonyl (C=O) groups excluding carboxylic acids is 2. The summed E-state index contributed by atoms with van der Waals surface area (Å²) in [6.07, 6.45) is 2.15. The molecule has 9 heteroatoms. The summed E-state index contributed by atoms with van der Waals surface area (Å²) in [6, 6.07) is 23.4.